The zero-order valence-electron chi connectivity index (χ0n) is 5.49. The molecular formula is C7H5ClO3. The van der Waals surface area contributed by atoms with E-state index in [9.17, 15) is 4.79 Å². The summed E-state index contributed by atoms with van der Waals surface area (Å²) in [6.07, 6.45) is -0.933. The highest BCUT2D eigenvalue weighted by Gasteiger charge is 2.02. The van der Waals surface area contributed by atoms with Gasteiger partial charge in [0, 0.05) is 0 Å². The highest BCUT2D eigenvalue weighted by molar-refractivity contribution is 6.12. The summed E-state index contributed by atoms with van der Waals surface area (Å²) in [5, 5.41) is 0. The van der Waals surface area contributed by atoms with Crippen LogP contribution in [0.25, 0.3) is 0 Å². The summed E-state index contributed by atoms with van der Waals surface area (Å²) in [5.74, 6) is 0.401. The van der Waals surface area contributed by atoms with E-state index in [4.69, 9.17) is 11.9 Å². The van der Waals surface area contributed by atoms with Gasteiger partial charge < -0.3 is 9.03 Å². The summed E-state index contributed by atoms with van der Waals surface area (Å²) in [5.41, 5.74) is 0. The first kappa shape index (κ1) is 7.88. The second kappa shape index (κ2) is 3.83. The average Bonchev–Trinajstić information content (AvgIpc) is 2.06. The van der Waals surface area contributed by atoms with Crippen LogP contribution in [0.4, 0.5) is 4.79 Å². The van der Waals surface area contributed by atoms with Crippen molar-refractivity contribution >= 4 is 18.0 Å². The number of carbonyl (C=O) groups excluding carboxylic acids is 1. The summed E-state index contributed by atoms with van der Waals surface area (Å²) in [6.45, 7) is 0. The van der Waals surface area contributed by atoms with Crippen LogP contribution >= 0.6 is 11.9 Å². The Morgan fingerprint density at radius 1 is 1.27 bits per heavy atom. The highest BCUT2D eigenvalue weighted by atomic mass is 35.5. The SMILES string of the molecule is O=C(OCl)Oc1ccccc1. The Morgan fingerprint density at radius 3 is 2.45 bits per heavy atom. The highest BCUT2D eigenvalue weighted by Crippen LogP contribution is 2.09. The van der Waals surface area contributed by atoms with Gasteiger partial charge in [0.05, 0.1) is 0 Å². The van der Waals surface area contributed by atoms with Crippen LogP contribution in [0, 0.1) is 0 Å². The van der Waals surface area contributed by atoms with Crippen LogP contribution in [0.3, 0.4) is 0 Å². The molecule has 0 bridgehead atoms. The van der Waals surface area contributed by atoms with E-state index in [1.54, 1.807) is 30.3 Å². The van der Waals surface area contributed by atoms with Crippen LogP contribution < -0.4 is 4.74 Å². The summed E-state index contributed by atoms with van der Waals surface area (Å²) in [6, 6.07) is 8.51. The maximum absolute atomic E-state index is 10.4. The van der Waals surface area contributed by atoms with Gasteiger partial charge in [-0.15, -0.1) is 0 Å². The molecule has 0 fully saturated rings. The zero-order chi connectivity index (χ0) is 8.10. The van der Waals surface area contributed by atoms with E-state index < -0.39 is 6.16 Å². The van der Waals surface area contributed by atoms with Crippen LogP contribution in [-0.4, -0.2) is 6.16 Å². The molecule has 0 saturated carbocycles. The molecule has 1 aromatic rings. The molecule has 1 rings (SSSR count). The van der Waals surface area contributed by atoms with Gasteiger partial charge in [0.1, 0.15) is 17.6 Å². The second-order valence-electron chi connectivity index (χ2n) is 1.74. The second-order valence-corrected chi connectivity index (χ2v) is 1.90. The Morgan fingerprint density at radius 2 is 1.91 bits per heavy atom. The molecule has 0 atom stereocenters. The van der Waals surface area contributed by atoms with Crippen LogP contribution in [0.5, 0.6) is 5.75 Å². The number of hydrogen-bond acceptors (Lipinski definition) is 3. The standard InChI is InChI=1S/C7H5ClO3/c8-11-7(9)10-6-4-2-1-3-5-6/h1-5H. The third-order valence-corrected chi connectivity index (χ3v) is 1.13. The van der Waals surface area contributed by atoms with Gasteiger partial charge in [0.2, 0.25) is 0 Å². The molecule has 58 valence electrons. The third-order valence-electron chi connectivity index (χ3n) is 1.01. The van der Waals surface area contributed by atoms with Crippen molar-refractivity contribution in [3.05, 3.63) is 30.3 Å². The topological polar surface area (TPSA) is 35.5 Å². The number of para-hydroxylation sites is 1. The summed E-state index contributed by atoms with van der Waals surface area (Å²) in [4.78, 5) is 10.4. The Balaban J connectivity index is 2.58. The number of hydrogen-bond donors (Lipinski definition) is 0. The lowest BCUT2D eigenvalue weighted by Crippen LogP contribution is -2.04. The van der Waals surface area contributed by atoms with Gasteiger partial charge in [-0.1, -0.05) is 18.2 Å². The first-order valence-corrected chi connectivity index (χ1v) is 3.19. The molecule has 3 nitrogen and oxygen atoms in total. The fourth-order valence-corrected chi connectivity index (χ4v) is 0.632. The lowest BCUT2D eigenvalue weighted by molar-refractivity contribution is 0.156. The molecule has 4 heteroatoms. The molecule has 0 aliphatic rings. The molecule has 1 aromatic carbocycles. The van der Waals surface area contributed by atoms with Gasteiger partial charge in [-0.3, -0.25) is 0 Å². The maximum Gasteiger partial charge on any atom is 0.532 e. The van der Waals surface area contributed by atoms with Crippen molar-refractivity contribution in [2.75, 3.05) is 0 Å². The minimum absolute atomic E-state index is 0.401. The molecule has 0 aliphatic heterocycles. The summed E-state index contributed by atoms with van der Waals surface area (Å²) < 4.78 is 8.34. The van der Waals surface area contributed by atoms with Gasteiger partial charge in [-0.05, 0) is 12.1 Å². The average molecular weight is 173 g/mol. The van der Waals surface area contributed by atoms with Gasteiger partial charge in [-0.25, -0.2) is 4.79 Å². The maximum atomic E-state index is 10.4. The van der Waals surface area contributed by atoms with Crippen molar-refractivity contribution in [3.63, 3.8) is 0 Å². The van der Waals surface area contributed by atoms with Crippen LogP contribution in [0.2, 0.25) is 0 Å². The van der Waals surface area contributed by atoms with Crippen molar-refractivity contribution in [2.24, 2.45) is 0 Å². The van der Waals surface area contributed by atoms with Crippen LogP contribution in [0.15, 0.2) is 30.3 Å². The van der Waals surface area contributed by atoms with E-state index in [2.05, 4.69) is 9.03 Å². The Kier molecular flexibility index (Phi) is 2.74. The summed E-state index contributed by atoms with van der Waals surface area (Å²) >= 11 is 4.73. The van der Waals surface area contributed by atoms with E-state index >= 15 is 0 Å². The molecule has 11 heavy (non-hydrogen) atoms. The van der Waals surface area contributed by atoms with Gasteiger partial charge in [0.15, 0.2) is 0 Å². The summed E-state index contributed by atoms with van der Waals surface area (Å²) in [7, 11) is 0. The molecule has 0 heterocycles. The van der Waals surface area contributed by atoms with E-state index in [0.29, 0.717) is 5.75 Å². The Labute approximate surface area is 68.7 Å². The lowest BCUT2D eigenvalue weighted by Gasteiger charge is -1.97. The Hall–Kier alpha value is -1.22. The van der Waals surface area contributed by atoms with E-state index in [1.807, 2.05) is 0 Å². The number of carbonyl (C=O) groups is 1. The van der Waals surface area contributed by atoms with Crippen molar-refractivity contribution in [1.29, 1.82) is 0 Å². The van der Waals surface area contributed by atoms with Crippen molar-refractivity contribution < 1.29 is 13.8 Å². The van der Waals surface area contributed by atoms with Crippen molar-refractivity contribution in [3.8, 4) is 5.75 Å². The number of ether oxygens (including phenoxy) is 1. The first-order chi connectivity index (χ1) is 5.33. The molecule has 0 N–H and O–H groups in total. The molecule has 0 aliphatic carbocycles. The Bertz CT molecular complexity index is 235. The minimum atomic E-state index is -0.933. The van der Waals surface area contributed by atoms with E-state index in [-0.39, 0.29) is 0 Å². The molecule has 0 amide bonds. The predicted molar refractivity (Wildman–Crippen MR) is 39.4 cm³/mol. The number of rotatable bonds is 1. The molecule has 0 spiro atoms. The van der Waals surface area contributed by atoms with Crippen molar-refractivity contribution in [1.82, 2.24) is 0 Å². The predicted octanol–water partition coefficient (Wildman–Crippen LogP) is 2.36. The van der Waals surface area contributed by atoms with E-state index in [1.165, 1.54) is 0 Å². The first-order valence-electron chi connectivity index (χ1n) is 2.88. The molecule has 0 radical (unpaired) electrons. The zero-order valence-corrected chi connectivity index (χ0v) is 6.25. The molecule has 0 aromatic heterocycles. The molecule has 0 saturated heterocycles. The minimum Gasteiger partial charge on any atom is -0.394 e. The fourth-order valence-electron chi connectivity index (χ4n) is 0.601. The normalized spacial score (nSPS) is 8.82. The largest absolute Gasteiger partial charge is 0.532 e. The van der Waals surface area contributed by atoms with Gasteiger partial charge in [-0.2, -0.15) is 0 Å². The molecule has 0 unspecified atom stereocenters. The van der Waals surface area contributed by atoms with Crippen LogP contribution in [0.1, 0.15) is 0 Å². The van der Waals surface area contributed by atoms with Crippen LogP contribution in [-0.2, 0) is 4.29 Å². The third kappa shape index (κ3) is 2.47. The quantitative estimate of drug-likeness (QED) is 0.482. The van der Waals surface area contributed by atoms with E-state index in [0.717, 1.165) is 0 Å². The monoisotopic (exact) mass is 172 g/mol. The van der Waals surface area contributed by atoms with Gasteiger partial charge in [0.25, 0.3) is 0 Å². The lowest BCUT2D eigenvalue weighted by atomic mass is 10.3. The fraction of sp³-hybridized carbons (Fsp3) is 0. The van der Waals surface area contributed by atoms with Crippen molar-refractivity contribution in [2.45, 2.75) is 0 Å². The van der Waals surface area contributed by atoms with Gasteiger partial charge >= 0.3 is 6.16 Å². The number of halogens is 1. The smallest absolute Gasteiger partial charge is 0.394 e. The number of benzene rings is 1. The molecular weight excluding hydrogens is 168 g/mol.